The van der Waals surface area contributed by atoms with Gasteiger partial charge in [0.2, 0.25) is 0 Å². The summed E-state index contributed by atoms with van der Waals surface area (Å²) in [6.07, 6.45) is 9.64. The molecule has 0 atom stereocenters. The van der Waals surface area contributed by atoms with Gasteiger partial charge < -0.3 is 5.32 Å². The van der Waals surface area contributed by atoms with Crippen LogP contribution in [0.5, 0.6) is 0 Å². The van der Waals surface area contributed by atoms with Crippen LogP contribution in [0.2, 0.25) is 0 Å². The highest BCUT2D eigenvalue weighted by Crippen LogP contribution is 1.96. The van der Waals surface area contributed by atoms with Crippen LogP contribution in [0.15, 0.2) is 36.2 Å². The Morgan fingerprint density at radius 1 is 1.30 bits per heavy atom. The molecule has 0 unspecified atom stereocenters. The second kappa shape index (κ2) is 5.32. The van der Waals surface area contributed by atoms with E-state index >= 15 is 0 Å². The maximum atomic E-state index is 5.55. The van der Waals surface area contributed by atoms with E-state index in [0.29, 0.717) is 5.88 Å². The standard InChI is InChI=1S/C7H8ClN.H4Si/c8-6-7-4-2-1-3-5-9-7;/h1-5,9H,6H2;1H4. The average Bonchev–Trinajstić information content (AvgIpc) is 2.13. The lowest BCUT2D eigenvalue weighted by Crippen LogP contribution is -2.04. The molecule has 0 bridgehead atoms. The van der Waals surface area contributed by atoms with E-state index in [2.05, 4.69) is 5.32 Å². The number of hydrogen-bond acceptors (Lipinski definition) is 1. The zero-order valence-electron chi connectivity index (χ0n) is 4.97. The molecule has 0 aromatic carbocycles. The van der Waals surface area contributed by atoms with E-state index in [4.69, 9.17) is 11.6 Å². The molecule has 0 aromatic heterocycles. The van der Waals surface area contributed by atoms with Crippen molar-refractivity contribution in [2.45, 2.75) is 0 Å². The third-order valence-electron chi connectivity index (χ3n) is 1.03. The van der Waals surface area contributed by atoms with Crippen molar-refractivity contribution >= 4 is 22.6 Å². The van der Waals surface area contributed by atoms with Gasteiger partial charge in [0.15, 0.2) is 0 Å². The minimum atomic E-state index is 0. The Morgan fingerprint density at radius 2 is 2.10 bits per heavy atom. The molecular formula is C7H12ClNSi. The summed E-state index contributed by atoms with van der Waals surface area (Å²) in [6.45, 7) is 0. The summed E-state index contributed by atoms with van der Waals surface area (Å²) in [5.74, 6) is 0.536. The van der Waals surface area contributed by atoms with E-state index in [-0.39, 0.29) is 11.0 Å². The van der Waals surface area contributed by atoms with Crippen molar-refractivity contribution in [3.05, 3.63) is 36.2 Å². The van der Waals surface area contributed by atoms with Crippen LogP contribution >= 0.6 is 11.6 Å². The van der Waals surface area contributed by atoms with Crippen molar-refractivity contribution in [2.75, 3.05) is 5.88 Å². The monoisotopic (exact) mass is 173 g/mol. The molecule has 1 aliphatic heterocycles. The van der Waals surface area contributed by atoms with Gasteiger partial charge in [-0.05, 0) is 23.1 Å². The van der Waals surface area contributed by atoms with Gasteiger partial charge in [0.1, 0.15) is 0 Å². The van der Waals surface area contributed by atoms with Crippen LogP contribution in [-0.2, 0) is 0 Å². The Bertz CT molecular complexity index is 172. The quantitative estimate of drug-likeness (QED) is 0.445. The summed E-state index contributed by atoms with van der Waals surface area (Å²) in [7, 11) is 0. The summed E-state index contributed by atoms with van der Waals surface area (Å²) in [5, 5.41) is 3.02. The van der Waals surface area contributed by atoms with Crippen LogP contribution in [0.1, 0.15) is 0 Å². The molecule has 0 aliphatic carbocycles. The fraction of sp³-hybridized carbons (Fsp3) is 0.143. The van der Waals surface area contributed by atoms with E-state index in [9.17, 15) is 0 Å². The molecule has 1 nitrogen and oxygen atoms in total. The average molecular weight is 174 g/mol. The molecule has 0 saturated carbocycles. The zero-order valence-corrected chi connectivity index (χ0v) is 5.73. The molecule has 0 fully saturated rings. The van der Waals surface area contributed by atoms with E-state index in [0.717, 1.165) is 5.70 Å². The maximum absolute atomic E-state index is 5.55. The lowest BCUT2D eigenvalue weighted by Gasteiger charge is -1.97. The zero-order chi connectivity index (χ0) is 6.53. The topological polar surface area (TPSA) is 12.0 Å². The molecule has 10 heavy (non-hydrogen) atoms. The number of halogens is 1. The maximum Gasteiger partial charge on any atom is 0.0625 e. The van der Waals surface area contributed by atoms with Crippen molar-refractivity contribution < 1.29 is 0 Å². The van der Waals surface area contributed by atoms with E-state index in [1.807, 2.05) is 30.5 Å². The van der Waals surface area contributed by atoms with Crippen molar-refractivity contribution in [3.8, 4) is 0 Å². The fourth-order valence-corrected chi connectivity index (χ4v) is 0.744. The normalized spacial score (nSPS) is 14.7. The number of nitrogens with one attached hydrogen (secondary N) is 1. The summed E-state index contributed by atoms with van der Waals surface area (Å²) in [5.41, 5.74) is 1.03. The van der Waals surface area contributed by atoms with Crippen LogP contribution in [0.25, 0.3) is 0 Å². The molecule has 1 heterocycles. The van der Waals surface area contributed by atoms with Crippen molar-refractivity contribution in [1.82, 2.24) is 5.32 Å². The summed E-state index contributed by atoms with van der Waals surface area (Å²) < 4.78 is 0. The van der Waals surface area contributed by atoms with Gasteiger partial charge >= 0.3 is 0 Å². The van der Waals surface area contributed by atoms with Crippen LogP contribution in [0, 0.1) is 0 Å². The van der Waals surface area contributed by atoms with Gasteiger partial charge in [-0.15, -0.1) is 11.6 Å². The van der Waals surface area contributed by atoms with E-state index in [1.54, 1.807) is 0 Å². The third-order valence-corrected chi connectivity index (χ3v) is 1.32. The second-order valence-electron chi connectivity index (χ2n) is 1.71. The molecule has 3 heteroatoms. The second-order valence-corrected chi connectivity index (χ2v) is 1.98. The molecule has 0 aromatic rings. The largest absolute Gasteiger partial charge is 0.364 e. The molecule has 0 radical (unpaired) electrons. The predicted octanol–water partition coefficient (Wildman–Crippen LogP) is 0.331. The van der Waals surface area contributed by atoms with Gasteiger partial charge in [-0.1, -0.05) is 12.2 Å². The predicted molar refractivity (Wildman–Crippen MR) is 51.6 cm³/mol. The van der Waals surface area contributed by atoms with Crippen LogP contribution in [-0.4, -0.2) is 16.8 Å². The Morgan fingerprint density at radius 3 is 2.80 bits per heavy atom. The summed E-state index contributed by atoms with van der Waals surface area (Å²) in [6, 6.07) is 0. The summed E-state index contributed by atoms with van der Waals surface area (Å²) >= 11 is 5.55. The van der Waals surface area contributed by atoms with Crippen LogP contribution < -0.4 is 5.32 Å². The fourth-order valence-electron chi connectivity index (χ4n) is 0.578. The highest BCUT2D eigenvalue weighted by Gasteiger charge is 1.88. The van der Waals surface area contributed by atoms with Gasteiger partial charge in [-0.2, -0.15) is 0 Å². The van der Waals surface area contributed by atoms with E-state index in [1.165, 1.54) is 0 Å². The summed E-state index contributed by atoms with van der Waals surface area (Å²) in [4.78, 5) is 0. The molecule has 1 N–H and O–H groups in total. The minimum Gasteiger partial charge on any atom is -0.364 e. The Balaban J connectivity index is 0.000000810. The van der Waals surface area contributed by atoms with Gasteiger partial charge in [-0.3, -0.25) is 0 Å². The van der Waals surface area contributed by atoms with Crippen LogP contribution in [0.3, 0.4) is 0 Å². The molecule has 0 amide bonds. The van der Waals surface area contributed by atoms with Crippen molar-refractivity contribution in [3.63, 3.8) is 0 Å². The van der Waals surface area contributed by atoms with Crippen molar-refractivity contribution in [2.24, 2.45) is 0 Å². The highest BCUT2D eigenvalue weighted by atomic mass is 35.5. The smallest absolute Gasteiger partial charge is 0.0625 e. The van der Waals surface area contributed by atoms with Crippen LogP contribution in [0.4, 0.5) is 0 Å². The lowest BCUT2D eigenvalue weighted by molar-refractivity contribution is 1.07. The first kappa shape index (κ1) is 9.53. The molecule has 0 saturated heterocycles. The lowest BCUT2D eigenvalue weighted by atomic mass is 10.4. The number of hydrogen-bond donors (Lipinski definition) is 1. The molecule has 1 rings (SSSR count). The van der Waals surface area contributed by atoms with Gasteiger partial charge in [0.25, 0.3) is 0 Å². The van der Waals surface area contributed by atoms with Gasteiger partial charge in [0, 0.05) is 11.9 Å². The Hall–Kier alpha value is -0.473. The first-order chi connectivity index (χ1) is 4.43. The minimum absolute atomic E-state index is 0. The third kappa shape index (κ3) is 2.89. The number of allylic oxidation sites excluding steroid dienone is 5. The number of rotatable bonds is 1. The Labute approximate surface area is 70.5 Å². The SMILES string of the molecule is ClCC1=CC=CC=CN1.[SiH4]. The number of alkyl halides is 1. The molecular weight excluding hydrogens is 162 g/mol. The molecule has 56 valence electrons. The van der Waals surface area contributed by atoms with E-state index < -0.39 is 0 Å². The van der Waals surface area contributed by atoms with Crippen molar-refractivity contribution in [1.29, 1.82) is 0 Å². The first-order valence-corrected chi connectivity index (χ1v) is 3.32. The Kier molecular flexibility index (Phi) is 5.07. The highest BCUT2D eigenvalue weighted by molar-refractivity contribution is 6.19. The molecule has 0 spiro atoms. The molecule has 1 aliphatic rings. The first-order valence-electron chi connectivity index (χ1n) is 2.78. The van der Waals surface area contributed by atoms with Gasteiger partial charge in [-0.25, -0.2) is 0 Å². The van der Waals surface area contributed by atoms with Gasteiger partial charge in [0.05, 0.1) is 5.88 Å².